The summed E-state index contributed by atoms with van der Waals surface area (Å²) >= 11 is 0. The Morgan fingerprint density at radius 1 is 0.286 bits per heavy atom. The van der Waals surface area contributed by atoms with Crippen molar-refractivity contribution in [2.45, 2.75) is 72.6 Å². The number of rotatable bonds is 11. The van der Waals surface area contributed by atoms with E-state index in [1.807, 2.05) is 0 Å². The van der Waals surface area contributed by atoms with Gasteiger partial charge in [-0.15, -0.1) is 0 Å². The Balaban J connectivity index is 7.37. The third kappa shape index (κ3) is 6.32. The Morgan fingerprint density at radius 2 is 0.500 bits per heavy atom. The normalized spacial score (nSPS) is 20.1. The van der Waals surface area contributed by atoms with E-state index in [1.54, 1.807) is 0 Å². The van der Waals surface area contributed by atoms with Gasteiger partial charge >= 0.3 is 72.6 Å². The first kappa shape index (κ1) is 40.1. The Hall–Kier alpha value is -1.91. The third-order valence-corrected chi connectivity index (χ3v) is 4.00. The van der Waals surface area contributed by atoms with Gasteiger partial charge in [-0.1, -0.05) is 0 Å². The van der Waals surface area contributed by atoms with E-state index in [-0.39, 0.29) is 0 Å². The van der Waals surface area contributed by atoms with E-state index >= 15 is 0 Å². The highest BCUT2D eigenvalue weighted by molar-refractivity contribution is 4.98. The Bertz CT molecular complexity index is 946. The summed E-state index contributed by atoms with van der Waals surface area (Å²) in [6.45, 7) is 0. The summed E-state index contributed by atoms with van der Waals surface area (Å²) in [7, 11) is -0.784. The number of alkyl halides is 25. The lowest BCUT2D eigenvalue weighted by molar-refractivity contribution is -0.588. The second kappa shape index (κ2) is 10.3. The molecule has 0 aromatic rings. The fraction of sp³-hybridized carbons (Fsp3) is 1.00. The van der Waals surface area contributed by atoms with Gasteiger partial charge in [-0.05, 0) is 0 Å². The summed E-state index contributed by atoms with van der Waals surface area (Å²) in [6, 6.07) is 0. The van der Waals surface area contributed by atoms with Gasteiger partial charge in [0.05, 0.1) is 0 Å². The summed E-state index contributed by atoms with van der Waals surface area (Å²) in [5, 5.41) is 0. The molecular weight excluding hydrogens is 695 g/mol. The molecule has 4 nitrogen and oxygen atoms in total. The van der Waals surface area contributed by atoms with Crippen molar-refractivity contribution >= 4 is 0 Å². The summed E-state index contributed by atoms with van der Waals surface area (Å²) in [5.41, 5.74) is 0. The molecule has 0 aromatic heterocycles. The van der Waals surface area contributed by atoms with Crippen molar-refractivity contribution < 1.29 is 129 Å². The van der Waals surface area contributed by atoms with Crippen LogP contribution in [0.4, 0.5) is 110 Å². The zero-order chi connectivity index (χ0) is 34.8. The largest absolute Gasteiger partial charge is 0.462 e. The molecule has 0 N–H and O–H groups in total. The molecule has 0 fully saturated rings. The molecule has 3 unspecified atom stereocenters. The maximum Gasteiger partial charge on any atom is 0.462 e. The van der Waals surface area contributed by atoms with Gasteiger partial charge < -0.3 is 4.74 Å². The van der Waals surface area contributed by atoms with Crippen LogP contribution in [0, 0.1) is 0 Å². The lowest BCUT2D eigenvalue weighted by Crippen LogP contribution is -2.71. The van der Waals surface area contributed by atoms with Crippen molar-refractivity contribution in [2.24, 2.45) is 0 Å². The molecule has 0 aliphatic carbocycles. The molecule has 0 aromatic carbocycles. The molecule has 0 bridgehead atoms. The number of hydrogen-bond acceptors (Lipinski definition) is 4. The standard InChI is InChI=1S/C13H3F25O4/c1-39-11(33,34)3(16,7(22,23)24)41-13(37,38)5(18,9(28,29)30)42-12(35,36)4(17,8(25,26)27)40-10(31,32)2(14,15)6(19,20)21/h1H3. The molecule has 0 saturated heterocycles. The Kier molecular flexibility index (Phi) is 9.86. The third-order valence-electron chi connectivity index (χ3n) is 4.00. The second-order valence-corrected chi connectivity index (χ2v) is 6.93. The van der Waals surface area contributed by atoms with Crippen LogP contribution in [0.25, 0.3) is 0 Å². The second-order valence-electron chi connectivity index (χ2n) is 6.93. The minimum atomic E-state index is -8.85. The quantitative estimate of drug-likeness (QED) is 0.206. The SMILES string of the molecule is COC(F)(F)C(F)(OC(F)(F)C(F)(OC(F)(F)C(F)(OC(F)(F)C(F)(F)C(F)(F)F)C(F)(F)F)C(F)(F)F)C(F)(F)F. The maximum atomic E-state index is 14.1. The zero-order valence-electron chi connectivity index (χ0n) is 18.1. The van der Waals surface area contributed by atoms with Crippen molar-refractivity contribution in [3.05, 3.63) is 0 Å². The van der Waals surface area contributed by atoms with Crippen LogP contribution in [0.15, 0.2) is 0 Å². The highest BCUT2D eigenvalue weighted by Gasteiger charge is 2.89. The van der Waals surface area contributed by atoms with Gasteiger partial charge in [0, 0.05) is 7.11 Å². The lowest BCUT2D eigenvalue weighted by atomic mass is 10.2. The average molecular weight is 698 g/mol. The predicted molar refractivity (Wildman–Crippen MR) is 70.7 cm³/mol. The highest BCUT2D eigenvalue weighted by Crippen LogP contribution is 2.60. The number of ether oxygens (including phenoxy) is 4. The van der Waals surface area contributed by atoms with Gasteiger partial charge in [-0.25, -0.2) is 0 Å². The van der Waals surface area contributed by atoms with E-state index in [9.17, 15) is 110 Å². The fourth-order valence-electron chi connectivity index (χ4n) is 1.87. The van der Waals surface area contributed by atoms with Crippen molar-refractivity contribution in [2.75, 3.05) is 7.11 Å². The minimum Gasteiger partial charge on any atom is -0.319 e. The molecule has 0 heterocycles. The first-order chi connectivity index (χ1) is 17.7. The van der Waals surface area contributed by atoms with Crippen LogP contribution in [-0.4, -0.2) is 79.7 Å². The molecule has 0 rings (SSSR count). The van der Waals surface area contributed by atoms with Crippen molar-refractivity contribution in [3.8, 4) is 0 Å². The summed E-state index contributed by atoms with van der Waals surface area (Å²) < 4.78 is 331. The molecule has 29 heteroatoms. The fourth-order valence-corrected chi connectivity index (χ4v) is 1.87. The zero-order valence-corrected chi connectivity index (χ0v) is 18.1. The predicted octanol–water partition coefficient (Wildman–Crippen LogP) is 7.94. The Labute approximate surface area is 210 Å². The molecule has 0 aliphatic heterocycles. The topological polar surface area (TPSA) is 36.9 Å². The van der Waals surface area contributed by atoms with E-state index < -0.39 is 79.7 Å². The van der Waals surface area contributed by atoms with Crippen LogP contribution in [0.3, 0.4) is 0 Å². The first-order valence-electron chi connectivity index (χ1n) is 8.56. The van der Waals surface area contributed by atoms with Crippen molar-refractivity contribution in [1.82, 2.24) is 0 Å². The van der Waals surface area contributed by atoms with Gasteiger partial charge in [0.2, 0.25) is 0 Å². The molecule has 0 amide bonds. The smallest absolute Gasteiger partial charge is 0.319 e. The minimum absolute atomic E-state index is 0.784. The van der Waals surface area contributed by atoms with Crippen LogP contribution in [0.5, 0.6) is 0 Å². The van der Waals surface area contributed by atoms with Crippen molar-refractivity contribution in [3.63, 3.8) is 0 Å². The molecule has 0 radical (unpaired) electrons. The highest BCUT2D eigenvalue weighted by atomic mass is 19.4. The number of halogens is 25. The van der Waals surface area contributed by atoms with Gasteiger partial charge in [-0.2, -0.15) is 110 Å². The monoisotopic (exact) mass is 698 g/mol. The van der Waals surface area contributed by atoms with Crippen LogP contribution in [0.1, 0.15) is 0 Å². The number of methoxy groups -OCH3 is 1. The van der Waals surface area contributed by atoms with Crippen LogP contribution < -0.4 is 0 Å². The van der Waals surface area contributed by atoms with Gasteiger partial charge in [0.1, 0.15) is 0 Å². The van der Waals surface area contributed by atoms with E-state index in [1.165, 1.54) is 4.74 Å². The Morgan fingerprint density at radius 3 is 0.690 bits per heavy atom. The lowest BCUT2D eigenvalue weighted by Gasteiger charge is -2.43. The van der Waals surface area contributed by atoms with E-state index in [2.05, 4.69) is 4.74 Å². The van der Waals surface area contributed by atoms with E-state index in [0.717, 1.165) is 9.47 Å². The molecule has 0 saturated carbocycles. The van der Waals surface area contributed by atoms with Gasteiger partial charge in [0.25, 0.3) is 0 Å². The average Bonchev–Trinajstić information content (AvgIpc) is 2.68. The molecular formula is C13H3F25O4. The number of hydrogen-bond donors (Lipinski definition) is 0. The maximum absolute atomic E-state index is 14.1. The van der Waals surface area contributed by atoms with Gasteiger partial charge in [-0.3, -0.25) is 14.2 Å². The summed E-state index contributed by atoms with van der Waals surface area (Å²) in [5.74, 6) is -33.7. The molecule has 0 spiro atoms. The summed E-state index contributed by atoms with van der Waals surface area (Å²) in [4.78, 5) is 0. The van der Waals surface area contributed by atoms with Crippen LogP contribution in [0.2, 0.25) is 0 Å². The van der Waals surface area contributed by atoms with E-state index in [0.29, 0.717) is 0 Å². The van der Waals surface area contributed by atoms with Gasteiger partial charge in [0.15, 0.2) is 0 Å². The van der Waals surface area contributed by atoms with Crippen LogP contribution >= 0.6 is 0 Å². The van der Waals surface area contributed by atoms with Crippen molar-refractivity contribution in [1.29, 1.82) is 0 Å². The molecule has 42 heavy (non-hydrogen) atoms. The first-order valence-corrected chi connectivity index (χ1v) is 8.56. The molecule has 0 aliphatic rings. The molecule has 254 valence electrons. The summed E-state index contributed by atoms with van der Waals surface area (Å²) in [6.07, 6.45) is -65.8. The molecule has 3 atom stereocenters. The van der Waals surface area contributed by atoms with Crippen LogP contribution in [-0.2, 0) is 18.9 Å². The van der Waals surface area contributed by atoms with E-state index in [4.69, 9.17) is 0 Å².